The summed E-state index contributed by atoms with van der Waals surface area (Å²) < 4.78 is 0. The lowest BCUT2D eigenvalue weighted by atomic mass is 10.2. The summed E-state index contributed by atoms with van der Waals surface area (Å²) in [6.07, 6.45) is 0. The standard InChI is InChI=1S/C12H14N4OS/c1-2-14-11-8-5-3-4-6-9(8)15-12(16-11)18-7-10(13)17/h3-6H,2,7H2,1H3,(H2,13,17)(H,14,15,16). The molecule has 0 unspecified atom stereocenters. The van der Waals surface area contributed by atoms with E-state index >= 15 is 0 Å². The molecule has 0 aliphatic heterocycles. The van der Waals surface area contributed by atoms with E-state index in [1.54, 1.807) is 0 Å². The molecule has 0 radical (unpaired) electrons. The van der Waals surface area contributed by atoms with Crippen molar-refractivity contribution in [2.24, 2.45) is 5.73 Å². The Kier molecular flexibility index (Phi) is 3.99. The molecule has 0 bridgehead atoms. The zero-order valence-electron chi connectivity index (χ0n) is 10.0. The number of anilines is 1. The Morgan fingerprint density at radius 2 is 2.17 bits per heavy atom. The minimum atomic E-state index is -0.373. The lowest BCUT2D eigenvalue weighted by Gasteiger charge is -2.08. The Morgan fingerprint density at radius 1 is 1.39 bits per heavy atom. The van der Waals surface area contributed by atoms with Crippen molar-refractivity contribution in [1.82, 2.24) is 9.97 Å². The lowest BCUT2D eigenvalue weighted by molar-refractivity contribution is -0.115. The fraction of sp³-hybridized carbons (Fsp3) is 0.250. The van der Waals surface area contributed by atoms with Crippen LogP contribution in [0.5, 0.6) is 0 Å². The third kappa shape index (κ3) is 2.89. The average molecular weight is 262 g/mol. The second-order valence-electron chi connectivity index (χ2n) is 3.66. The van der Waals surface area contributed by atoms with Gasteiger partial charge in [-0.3, -0.25) is 4.79 Å². The summed E-state index contributed by atoms with van der Waals surface area (Å²) in [5, 5.41) is 4.73. The van der Waals surface area contributed by atoms with Gasteiger partial charge < -0.3 is 11.1 Å². The maximum Gasteiger partial charge on any atom is 0.227 e. The molecule has 0 fully saturated rings. The number of nitrogens with one attached hydrogen (secondary N) is 1. The molecule has 2 aromatic rings. The number of primary amides is 1. The van der Waals surface area contributed by atoms with E-state index < -0.39 is 0 Å². The molecule has 5 nitrogen and oxygen atoms in total. The summed E-state index contributed by atoms with van der Waals surface area (Å²) in [5.74, 6) is 0.598. The first-order valence-electron chi connectivity index (χ1n) is 5.62. The molecule has 1 amide bonds. The second kappa shape index (κ2) is 5.68. The molecule has 1 heterocycles. The molecule has 0 aliphatic rings. The van der Waals surface area contributed by atoms with Crippen LogP contribution in [-0.2, 0) is 4.79 Å². The van der Waals surface area contributed by atoms with E-state index in [-0.39, 0.29) is 11.7 Å². The van der Waals surface area contributed by atoms with Crippen LogP contribution in [0.25, 0.3) is 10.9 Å². The highest BCUT2D eigenvalue weighted by Gasteiger charge is 2.08. The Morgan fingerprint density at radius 3 is 2.89 bits per heavy atom. The molecular weight excluding hydrogens is 248 g/mol. The van der Waals surface area contributed by atoms with Gasteiger partial charge >= 0.3 is 0 Å². The molecule has 3 N–H and O–H groups in total. The van der Waals surface area contributed by atoms with Gasteiger partial charge in [-0.05, 0) is 19.1 Å². The highest BCUT2D eigenvalue weighted by atomic mass is 32.2. The maximum absolute atomic E-state index is 10.8. The van der Waals surface area contributed by atoms with Crippen molar-refractivity contribution >= 4 is 34.4 Å². The van der Waals surface area contributed by atoms with Crippen LogP contribution in [0.1, 0.15) is 6.92 Å². The number of rotatable bonds is 5. The quantitative estimate of drug-likeness (QED) is 0.632. The van der Waals surface area contributed by atoms with Gasteiger partial charge in [0.1, 0.15) is 5.82 Å². The zero-order valence-corrected chi connectivity index (χ0v) is 10.8. The second-order valence-corrected chi connectivity index (χ2v) is 4.60. The third-order valence-electron chi connectivity index (χ3n) is 2.27. The van der Waals surface area contributed by atoms with Gasteiger partial charge in [0, 0.05) is 11.9 Å². The van der Waals surface area contributed by atoms with Gasteiger partial charge in [-0.25, -0.2) is 9.97 Å². The highest BCUT2D eigenvalue weighted by Crippen LogP contribution is 2.23. The van der Waals surface area contributed by atoms with Gasteiger partial charge in [-0.15, -0.1) is 0 Å². The Labute approximate surface area is 109 Å². The minimum Gasteiger partial charge on any atom is -0.370 e. The lowest BCUT2D eigenvalue weighted by Crippen LogP contribution is -2.13. The molecule has 0 atom stereocenters. The predicted molar refractivity (Wildman–Crippen MR) is 73.6 cm³/mol. The number of para-hydroxylation sites is 1. The van der Waals surface area contributed by atoms with Crippen LogP contribution >= 0.6 is 11.8 Å². The van der Waals surface area contributed by atoms with E-state index in [1.165, 1.54) is 11.8 Å². The van der Waals surface area contributed by atoms with Gasteiger partial charge in [-0.2, -0.15) is 0 Å². The minimum absolute atomic E-state index is 0.184. The number of hydrogen-bond acceptors (Lipinski definition) is 5. The molecule has 94 valence electrons. The number of nitrogens with zero attached hydrogens (tertiary/aromatic N) is 2. The topological polar surface area (TPSA) is 80.9 Å². The van der Waals surface area contributed by atoms with Crippen molar-refractivity contribution in [3.8, 4) is 0 Å². The first kappa shape index (κ1) is 12.6. The van der Waals surface area contributed by atoms with Crippen LogP contribution < -0.4 is 11.1 Å². The molecule has 6 heteroatoms. The van der Waals surface area contributed by atoms with Crippen LogP contribution in [0, 0.1) is 0 Å². The number of thioether (sulfide) groups is 1. The maximum atomic E-state index is 10.8. The molecule has 2 rings (SSSR count). The Hall–Kier alpha value is -1.82. The summed E-state index contributed by atoms with van der Waals surface area (Å²) in [6.45, 7) is 2.79. The van der Waals surface area contributed by atoms with E-state index in [1.807, 2.05) is 31.2 Å². The largest absolute Gasteiger partial charge is 0.370 e. The average Bonchev–Trinajstić information content (AvgIpc) is 2.37. The van der Waals surface area contributed by atoms with Gasteiger partial charge in [0.2, 0.25) is 5.91 Å². The SMILES string of the molecule is CCNc1nc(SCC(N)=O)nc2ccccc12. The van der Waals surface area contributed by atoms with Gasteiger partial charge in [0.25, 0.3) is 0 Å². The van der Waals surface area contributed by atoms with E-state index in [2.05, 4.69) is 15.3 Å². The number of hydrogen-bond donors (Lipinski definition) is 2. The number of nitrogens with two attached hydrogens (primary N) is 1. The van der Waals surface area contributed by atoms with Crippen molar-refractivity contribution in [3.05, 3.63) is 24.3 Å². The zero-order chi connectivity index (χ0) is 13.0. The van der Waals surface area contributed by atoms with Crippen molar-refractivity contribution in [2.75, 3.05) is 17.6 Å². The van der Waals surface area contributed by atoms with E-state index in [4.69, 9.17) is 5.73 Å². The van der Waals surface area contributed by atoms with Crippen LogP contribution in [-0.4, -0.2) is 28.2 Å². The number of benzene rings is 1. The van der Waals surface area contributed by atoms with Gasteiger partial charge in [-0.1, -0.05) is 23.9 Å². The Bertz CT molecular complexity index is 573. The number of carbonyl (C=O) groups excluding carboxylic acids is 1. The van der Waals surface area contributed by atoms with E-state index in [0.717, 1.165) is 23.3 Å². The predicted octanol–water partition coefficient (Wildman–Crippen LogP) is 1.64. The highest BCUT2D eigenvalue weighted by molar-refractivity contribution is 7.99. The van der Waals surface area contributed by atoms with Crippen LogP contribution in [0.4, 0.5) is 5.82 Å². The molecule has 0 aliphatic carbocycles. The van der Waals surface area contributed by atoms with Gasteiger partial charge in [0.15, 0.2) is 5.16 Å². The van der Waals surface area contributed by atoms with Crippen molar-refractivity contribution in [1.29, 1.82) is 0 Å². The van der Waals surface area contributed by atoms with Crippen molar-refractivity contribution in [3.63, 3.8) is 0 Å². The van der Waals surface area contributed by atoms with Crippen LogP contribution in [0.15, 0.2) is 29.4 Å². The fourth-order valence-corrected chi connectivity index (χ4v) is 2.15. The summed E-state index contributed by atoms with van der Waals surface area (Å²) in [7, 11) is 0. The molecule has 0 saturated carbocycles. The summed E-state index contributed by atoms with van der Waals surface area (Å²) in [5.41, 5.74) is 5.98. The molecule has 0 spiro atoms. The molecule has 0 saturated heterocycles. The smallest absolute Gasteiger partial charge is 0.227 e. The molecular formula is C12H14N4OS. The summed E-state index contributed by atoms with van der Waals surface area (Å²) >= 11 is 1.25. The molecule has 1 aromatic carbocycles. The Balaban J connectivity index is 2.40. The normalized spacial score (nSPS) is 10.5. The number of amides is 1. The monoisotopic (exact) mass is 262 g/mol. The number of carbonyl (C=O) groups is 1. The van der Waals surface area contributed by atoms with Crippen molar-refractivity contribution < 1.29 is 4.79 Å². The van der Waals surface area contributed by atoms with Crippen molar-refractivity contribution in [2.45, 2.75) is 12.1 Å². The summed E-state index contributed by atoms with van der Waals surface area (Å²) in [6, 6.07) is 7.76. The van der Waals surface area contributed by atoms with E-state index in [9.17, 15) is 4.79 Å². The number of aromatic nitrogens is 2. The fourth-order valence-electron chi connectivity index (χ4n) is 1.56. The summed E-state index contributed by atoms with van der Waals surface area (Å²) in [4.78, 5) is 19.6. The number of fused-ring (bicyclic) bond motifs is 1. The van der Waals surface area contributed by atoms with E-state index in [0.29, 0.717) is 5.16 Å². The molecule has 1 aromatic heterocycles. The first-order chi connectivity index (χ1) is 8.70. The first-order valence-corrected chi connectivity index (χ1v) is 6.61. The molecule has 18 heavy (non-hydrogen) atoms. The third-order valence-corrected chi connectivity index (χ3v) is 3.14. The van der Waals surface area contributed by atoms with Gasteiger partial charge in [0.05, 0.1) is 11.3 Å². The van der Waals surface area contributed by atoms with Crippen LogP contribution in [0.2, 0.25) is 0 Å². The van der Waals surface area contributed by atoms with Crippen LogP contribution in [0.3, 0.4) is 0 Å².